The van der Waals surface area contributed by atoms with E-state index in [4.69, 9.17) is 9.84 Å². The Hall–Kier alpha value is -1.84. The van der Waals surface area contributed by atoms with Gasteiger partial charge in [0.1, 0.15) is 6.10 Å². The molecule has 0 aromatic carbocycles. The predicted octanol–water partition coefficient (Wildman–Crippen LogP) is 13.4. The lowest BCUT2D eigenvalue weighted by atomic mass is 10.0. The molecule has 1 N–H and O–H groups in total. The Kier molecular flexibility index (Phi) is 35.1. The van der Waals surface area contributed by atoms with Crippen molar-refractivity contribution in [2.75, 3.05) is 0 Å². The lowest BCUT2D eigenvalue weighted by molar-refractivity contribution is -0.150. The fourth-order valence-corrected chi connectivity index (χ4v) is 5.67. The Balaban J connectivity index is 4.12. The summed E-state index contributed by atoms with van der Waals surface area (Å²) in [7, 11) is 0. The summed E-state index contributed by atoms with van der Waals surface area (Å²) in [5.41, 5.74) is 0. The number of carbonyl (C=O) groups is 2. The molecule has 4 nitrogen and oxygen atoms in total. The van der Waals surface area contributed by atoms with Crippen molar-refractivity contribution < 1.29 is 19.4 Å². The van der Waals surface area contributed by atoms with Gasteiger partial charge in [0.15, 0.2) is 0 Å². The molecule has 0 aliphatic rings. The molecule has 0 heterocycles. The molecule has 45 heavy (non-hydrogen) atoms. The van der Waals surface area contributed by atoms with Gasteiger partial charge < -0.3 is 9.84 Å². The molecule has 1 atom stereocenters. The zero-order chi connectivity index (χ0) is 32.9. The zero-order valence-corrected chi connectivity index (χ0v) is 29.9. The van der Waals surface area contributed by atoms with Gasteiger partial charge in [-0.25, -0.2) is 0 Å². The van der Waals surface area contributed by atoms with Crippen molar-refractivity contribution >= 4 is 11.9 Å². The largest absolute Gasteiger partial charge is 0.481 e. The molecule has 0 fully saturated rings. The van der Waals surface area contributed by atoms with E-state index >= 15 is 0 Å². The smallest absolute Gasteiger partial charge is 0.306 e. The van der Waals surface area contributed by atoms with Gasteiger partial charge in [-0.3, -0.25) is 9.59 Å². The highest BCUT2D eigenvalue weighted by Crippen LogP contribution is 2.18. The molecule has 262 valence electrons. The molecule has 0 bridgehead atoms. The molecule has 0 aromatic heterocycles. The average Bonchev–Trinajstić information content (AvgIpc) is 3.02. The van der Waals surface area contributed by atoms with Crippen LogP contribution in [0.5, 0.6) is 0 Å². The number of carbonyl (C=O) groups excluding carboxylic acids is 1. The standard InChI is InChI=1S/C41H74O4/c1-3-5-7-9-11-13-15-17-19-21-23-25-30-34-38-41(44)45-39(36-32-28-26-29-33-37-40(42)43)35-31-27-24-22-20-18-16-14-12-10-8-6-4-2/h9,11,15,17,22,24,39H,3-8,10,12-14,16,18-21,23,25-38H2,1-2H3,(H,42,43)/b11-9-,17-15-,24-22-. The summed E-state index contributed by atoms with van der Waals surface area (Å²) in [4.78, 5) is 23.3. The number of rotatable bonds is 35. The quantitative estimate of drug-likeness (QED) is 0.0430. The molecule has 0 amide bonds. The third-order valence-electron chi connectivity index (χ3n) is 8.58. The van der Waals surface area contributed by atoms with Crippen LogP contribution in [0.4, 0.5) is 0 Å². The number of esters is 1. The molecule has 0 saturated heterocycles. The summed E-state index contributed by atoms with van der Waals surface area (Å²) in [6.45, 7) is 4.50. The summed E-state index contributed by atoms with van der Waals surface area (Å²) in [5.74, 6) is -0.732. The summed E-state index contributed by atoms with van der Waals surface area (Å²) < 4.78 is 5.97. The molecule has 4 heteroatoms. The van der Waals surface area contributed by atoms with Crippen LogP contribution in [0.15, 0.2) is 36.5 Å². The van der Waals surface area contributed by atoms with Crippen molar-refractivity contribution in [2.45, 2.75) is 213 Å². The van der Waals surface area contributed by atoms with Crippen molar-refractivity contribution in [1.82, 2.24) is 0 Å². The molecule has 0 rings (SSSR count). The molecular weight excluding hydrogens is 556 g/mol. The first-order chi connectivity index (χ1) is 22.1. The third-order valence-corrected chi connectivity index (χ3v) is 8.58. The van der Waals surface area contributed by atoms with Crippen LogP contribution in [-0.2, 0) is 14.3 Å². The van der Waals surface area contributed by atoms with E-state index in [2.05, 4.69) is 50.3 Å². The molecule has 0 saturated carbocycles. The molecule has 0 radical (unpaired) electrons. The monoisotopic (exact) mass is 631 g/mol. The maximum absolute atomic E-state index is 12.6. The van der Waals surface area contributed by atoms with Crippen molar-refractivity contribution in [3.63, 3.8) is 0 Å². The molecule has 0 aliphatic carbocycles. The van der Waals surface area contributed by atoms with Gasteiger partial charge in [0, 0.05) is 12.8 Å². The van der Waals surface area contributed by atoms with Crippen LogP contribution in [0.2, 0.25) is 0 Å². The van der Waals surface area contributed by atoms with E-state index in [0.717, 1.165) is 83.5 Å². The highest BCUT2D eigenvalue weighted by molar-refractivity contribution is 5.69. The van der Waals surface area contributed by atoms with Crippen LogP contribution in [0.25, 0.3) is 0 Å². The fourth-order valence-electron chi connectivity index (χ4n) is 5.67. The fraction of sp³-hybridized carbons (Fsp3) is 0.805. The maximum atomic E-state index is 12.6. The Morgan fingerprint density at radius 1 is 0.489 bits per heavy atom. The highest BCUT2D eigenvalue weighted by atomic mass is 16.5. The Bertz CT molecular complexity index is 723. The zero-order valence-electron chi connectivity index (χ0n) is 29.9. The van der Waals surface area contributed by atoms with E-state index in [1.165, 1.54) is 96.3 Å². The van der Waals surface area contributed by atoms with Crippen LogP contribution >= 0.6 is 0 Å². The molecule has 0 aliphatic heterocycles. The van der Waals surface area contributed by atoms with Gasteiger partial charge >= 0.3 is 11.9 Å². The predicted molar refractivity (Wildman–Crippen MR) is 195 cm³/mol. The normalized spacial score (nSPS) is 12.6. The number of aliphatic carboxylic acids is 1. The molecule has 0 aromatic rings. The second kappa shape index (κ2) is 36.6. The molecular formula is C41H74O4. The van der Waals surface area contributed by atoms with E-state index < -0.39 is 5.97 Å². The van der Waals surface area contributed by atoms with Crippen LogP contribution < -0.4 is 0 Å². The lowest BCUT2D eigenvalue weighted by Crippen LogP contribution is -2.18. The first kappa shape index (κ1) is 43.2. The molecule has 0 spiro atoms. The number of carboxylic acid groups (broad SMARTS) is 1. The first-order valence-corrected chi connectivity index (χ1v) is 19.5. The Morgan fingerprint density at radius 2 is 0.911 bits per heavy atom. The van der Waals surface area contributed by atoms with E-state index in [1.54, 1.807) is 0 Å². The highest BCUT2D eigenvalue weighted by Gasteiger charge is 2.14. The SMILES string of the molecule is CCCC/C=C\C/C=C\CCCCCCCC(=O)OC(CCC/C=C\CCCCCCCCCC)CCCCCCCC(=O)O. The number of carboxylic acids is 1. The summed E-state index contributed by atoms with van der Waals surface area (Å²) in [6.07, 6.45) is 47.3. The van der Waals surface area contributed by atoms with Crippen molar-refractivity contribution in [2.24, 2.45) is 0 Å². The Labute approximate surface area is 279 Å². The van der Waals surface area contributed by atoms with Gasteiger partial charge in [-0.15, -0.1) is 0 Å². The van der Waals surface area contributed by atoms with Crippen LogP contribution in [0.1, 0.15) is 206 Å². The third kappa shape index (κ3) is 36.5. The minimum Gasteiger partial charge on any atom is -0.481 e. The summed E-state index contributed by atoms with van der Waals surface area (Å²) in [6, 6.07) is 0. The van der Waals surface area contributed by atoms with Crippen molar-refractivity contribution in [1.29, 1.82) is 0 Å². The van der Waals surface area contributed by atoms with Crippen molar-refractivity contribution in [3.05, 3.63) is 36.5 Å². The van der Waals surface area contributed by atoms with Gasteiger partial charge in [-0.2, -0.15) is 0 Å². The number of allylic oxidation sites excluding steroid dienone is 6. The summed E-state index contributed by atoms with van der Waals surface area (Å²) >= 11 is 0. The number of hydrogen-bond acceptors (Lipinski definition) is 3. The second-order valence-corrected chi connectivity index (χ2v) is 13.1. The van der Waals surface area contributed by atoms with Crippen molar-refractivity contribution in [3.8, 4) is 0 Å². The van der Waals surface area contributed by atoms with Gasteiger partial charge in [0.25, 0.3) is 0 Å². The van der Waals surface area contributed by atoms with E-state index in [-0.39, 0.29) is 18.5 Å². The number of ether oxygens (including phenoxy) is 1. The van der Waals surface area contributed by atoms with Crippen LogP contribution in [0, 0.1) is 0 Å². The average molecular weight is 631 g/mol. The van der Waals surface area contributed by atoms with E-state index in [1.807, 2.05) is 0 Å². The molecule has 1 unspecified atom stereocenters. The van der Waals surface area contributed by atoms with Gasteiger partial charge in [-0.05, 0) is 83.5 Å². The van der Waals surface area contributed by atoms with Gasteiger partial charge in [-0.1, -0.05) is 147 Å². The van der Waals surface area contributed by atoms with Gasteiger partial charge in [0.2, 0.25) is 0 Å². The number of hydrogen-bond donors (Lipinski definition) is 1. The van der Waals surface area contributed by atoms with E-state index in [0.29, 0.717) is 6.42 Å². The second-order valence-electron chi connectivity index (χ2n) is 13.1. The topological polar surface area (TPSA) is 63.6 Å². The number of unbranched alkanes of at least 4 members (excludes halogenated alkanes) is 20. The summed E-state index contributed by atoms with van der Waals surface area (Å²) in [5, 5.41) is 8.81. The minimum atomic E-state index is -0.706. The van der Waals surface area contributed by atoms with Gasteiger partial charge in [0.05, 0.1) is 0 Å². The maximum Gasteiger partial charge on any atom is 0.306 e. The van der Waals surface area contributed by atoms with Crippen LogP contribution in [-0.4, -0.2) is 23.1 Å². The van der Waals surface area contributed by atoms with E-state index in [9.17, 15) is 9.59 Å². The first-order valence-electron chi connectivity index (χ1n) is 19.5. The minimum absolute atomic E-state index is 0.0194. The lowest BCUT2D eigenvalue weighted by Gasteiger charge is -2.18. The Morgan fingerprint density at radius 3 is 1.49 bits per heavy atom. The van der Waals surface area contributed by atoms with Crippen LogP contribution in [0.3, 0.4) is 0 Å².